The van der Waals surface area contributed by atoms with E-state index in [1.165, 1.54) is 0 Å². The molecule has 1 aliphatic heterocycles. The van der Waals surface area contributed by atoms with Crippen LogP contribution in [-0.4, -0.2) is 18.7 Å². The second-order valence-electron chi connectivity index (χ2n) is 2.28. The Balaban J connectivity index is 2.37. The summed E-state index contributed by atoms with van der Waals surface area (Å²) < 4.78 is 4.86. The maximum Gasteiger partial charge on any atom is 0.407 e. The summed E-state index contributed by atoms with van der Waals surface area (Å²) in [4.78, 5) is 10.6. The highest BCUT2D eigenvalue weighted by atomic mass is 16.6. The zero-order valence-corrected chi connectivity index (χ0v) is 5.52. The Hall–Kier alpha value is -0.730. The van der Waals surface area contributed by atoms with Gasteiger partial charge in [0.25, 0.3) is 0 Å². The van der Waals surface area contributed by atoms with Gasteiger partial charge in [-0.3, -0.25) is 0 Å². The highest BCUT2D eigenvalue weighted by molar-refractivity contribution is 5.67. The number of rotatable bonds is 0. The van der Waals surface area contributed by atoms with Gasteiger partial charge < -0.3 is 10.1 Å². The largest absolute Gasteiger partial charge is 0.447 e. The predicted octanol–water partition coefficient (Wildman–Crippen LogP) is 0.895. The third-order valence-corrected chi connectivity index (χ3v) is 1.36. The minimum absolute atomic E-state index is 0.0903. The Morgan fingerprint density at radius 3 is 3.33 bits per heavy atom. The zero-order chi connectivity index (χ0) is 6.69. The lowest BCUT2D eigenvalue weighted by molar-refractivity contribution is 0.112. The SMILES string of the molecule is CC1CCCNC(=O)O1. The predicted molar refractivity (Wildman–Crippen MR) is 33.2 cm³/mol. The van der Waals surface area contributed by atoms with Crippen LogP contribution in [0.15, 0.2) is 0 Å². The van der Waals surface area contributed by atoms with Crippen LogP contribution in [0.3, 0.4) is 0 Å². The van der Waals surface area contributed by atoms with Crippen molar-refractivity contribution in [3.05, 3.63) is 0 Å². The van der Waals surface area contributed by atoms with Crippen LogP contribution in [-0.2, 0) is 4.74 Å². The number of alkyl carbamates (subject to hydrolysis) is 1. The average molecular weight is 129 g/mol. The molecule has 3 heteroatoms. The van der Waals surface area contributed by atoms with E-state index in [1.54, 1.807) is 0 Å². The molecule has 0 aliphatic carbocycles. The van der Waals surface area contributed by atoms with Crippen molar-refractivity contribution >= 4 is 6.09 Å². The molecule has 1 unspecified atom stereocenters. The molecule has 0 spiro atoms. The molecule has 0 radical (unpaired) electrons. The molecule has 1 fully saturated rings. The van der Waals surface area contributed by atoms with Crippen molar-refractivity contribution in [3.8, 4) is 0 Å². The van der Waals surface area contributed by atoms with Crippen molar-refractivity contribution in [1.82, 2.24) is 5.32 Å². The maximum absolute atomic E-state index is 10.6. The fourth-order valence-corrected chi connectivity index (χ4v) is 0.863. The fraction of sp³-hybridized carbons (Fsp3) is 0.833. The van der Waals surface area contributed by atoms with E-state index in [-0.39, 0.29) is 12.2 Å². The van der Waals surface area contributed by atoms with E-state index in [9.17, 15) is 4.79 Å². The summed E-state index contributed by atoms with van der Waals surface area (Å²) in [5, 5.41) is 2.61. The molecule has 1 atom stereocenters. The minimum atomic E-state index is -0.278. The van der Waals surface area contributed by atoms with Gasteiger partial charge in [-0.05, 0) is 19.8 Å². The van der Waals surface area contributed by atoms with Gasteiger partial charge in [0.1, 0.15) is 6.10 Å². The molecule has 0 aromatic rings. The van der Waals surface area contributed by atoms with Crippen LogP contribution in [0.4, 0.5) is 4.79 Å². The summed E-state index contributed by atoms with van der Waals surface area (Å²) in [6.07, 6.45) is 1.80. The lowest BCUT2D eigenvalue weighted by Gasteiger charge is -2.05. The Labute approximate surface area is 54.4 Å². The van der Waals surface area contributed by atoms with Crippen molar-refractivity contribution in [3.63, 3.8) is 0 Å². The summed E-state index contributed by atoms with van der Waals surface area (Å²) in [7, 11) is 0. The molecule has 52 valence electrons. The average Bonchev–Trinajstić information content (AvgIpc) is 1.93. The molecule has 1 rings (SSSR count). The second kappa shape index (κ2) is 2.71. The lowest BCUT2D eigenvalue weighted by atomic mass is 10.2. The van der Waals surface area contributed by atoms with Crippen molar-refractivity contribution < 1.29 is 9.53 Å². The second-order valence-corrected chi connectivity index (χ2v) is 2.28. The molecule has 1 aliphatic rings. The normalized spacial score (nSPS) is 28.1. The van der Waals surface area contributed by atoms with E-state index in [0.29, 0.717) is 0 Å². The molecule has 1 N–H and O–H groups in total. The molecular weight excluding hydrogens is 118 g/mol. The van der Waals surface area contributed by atoms with Crippen LogP contribution < -0.4 is 5.32 Å². The first-order chi connectivity index (χ1) is 4.29. The Kier molecular flexibility index (Phi) is 1.92. The molecule has 0 aromatic carbocycles. The molecule has 3 nitrogen and oxygen atoms in total. The van der Waals surface area contributed by atoms with Gasteiger partial charge in [0, 0.05) is 6.54 Å². The molecule has 0 saturated carbocycles. The van der Waals surface area contributed by atoms with Gasteiger partial charge in [-0.25, -0.2) is 4.79 Å². The van der Waals surface area contributed by atoms with Gasteiger partial charge in [0.15, 0.2) is 0 Å². The highest BCUT2D eigenvalue weighted by Gasteiger charge is 2.11. The molecule has 1 amide bonds. The van der Waals surface area contributed by atoms with Gasteiger partial charge in [0.05, 0.1) is 0 Å². The van der Waals surface area contributed by atoms with Gasteiger partial charge in [-0.1, -0.05) is 0 Å². The number of hydrogen-bond acceptors (Lipinski definition) is 2. The zero-order valence-electron chi connectivity index (χ0n) is 5.52. The van der Waals surface area contributed by atoms with Crippen molar-refractivity contribution in [2.24, 2.45) is 0 Å². The first-order valence-electron chi connectivity index (χ1n) is 3.23. The topological polar surface area (TPSA) is 38.3 Å². The smallest absolute Gasteiger partial charge is 0.407 e. The van der Waals surface area contributed by atoms with Crippen LogP contribution in [0.1, 0.15) is 19.8 Å². The van der Waals surface area contributed by atoms with E-state index in [0.717, 1.165) is 19.4 Å². The van der Waals surface area contributed by atoms with Crippen molar-refractivity contribution in [2.75, 3.05) is 6.54 Å². The summed E-state index contributed by atoms with van der Waals surface area (Å²) in [6.45, 7) is 2.66. The van der Waals surface area contributed by atoms with E-state index >= 15 is 0 Å². The number of amides is 1. The first kappa shape index (κ1) is 6.39. The van der Waals surface area contributed by atoms with Gasteiger partial charge in [-0.2, -0.15) is 0 Å². The number of cyclic esters (lactones) is 1. The Morgan fingerprint density at radius 1 is 1.78 bits per heavy atom. The lowest BCUT2D eigenvalue weighted by Crippen LogP contribution is -2.23. The quantitative estimate of drug-likeness (QED) is 0.527. The summed E-state index contributed by atoms with van der Waals surface area (Å²) in [5.74, 6) is 0. The van der Waals surface area contributed by atoms with Crippen LogP contribution in [0.25, 0.3) is 0 Å². The molecule has 1 heterocycles. The first-order valence-corrected chi connectivity index (χ1v) is 3.23. The standard InChI is InChI=1S/C6H11NO2/c1-5-3-2-4-7-6(8)9-5/h5H,2-4H2,1H3,(H,7,8). The van der Waals surface area contributed by atoms with E-state index in [4.69, 9.17) is 4.74 Å². The third kappa shape index (κ3) is 1.91. The van der Waals surface area contributed by atoms with Gasteiger partial charge in [-0.15, -0.1) is 0 Å². The summed E-state index contributed by atoms with van der Waals surface area (Å²) >= 11 is 0. The van der Waals surface area contributed by atoms with Crippen LogP contribution in [0, 0.1) is 0 Å². The fourth-order valence-electron chi connectivity index (χ4n) is 0.863. The molecule has 9 heavy (non-hydrogen) atoms. The van der Waals surface area contributed by atoms with Crippen molar-refractivity contribution in [2.45, 2.75) is 25.9 Å². The van der Waals surface area contributed by atoms with Crippen molar-refractivity contribution in [1.29, 1.82) is 0 Å². The number of carbonyl (C=O) groups is 1. The third-order valence-electron chi connectivity index (χ3n) is 1.36. The number of hydrogen-bond donors (Lipinski definition) is 1. The maximum atomic E-state index is 10.6. The van der Waals surface area contributed by atoms with E-state index in [2.05, 4.69) is 5.32 Å². The Bertz CT molecular complexity index is 114. The van der Waals surface area contributed by atoms with E-state index in [1.807, 2.05) is 6.92 Å². The monoisotopic (exact) mass is 129 g/mol. The number of nitrogens with one attached hydrogen (secondary N) is 1. The molecular formula is C6H11NO2. The molecule has 1 saturated heterocycles. The molecule has 0 aromatic heterocycles. The highest BCUT2D eigenvalue weighted by Crippen LogP contribution is 2.03. The van der Waals surface area contributed by atoms with Gasteiger partial charge in [0.2, 0.25) is 0 Å². The minimum Gasteiger partial charge on any atom is -0.447 e. The van der Waals surface area contributed by atoms with Crippen LogP contribution in [0.2, 0.25) is 0 Å². The summed E-state index contributed by atoms with van der Waals surface area (Å²) in [5.41, 5.74) is 0. The number of carbonyl (C=O) groups excluding carboxylic acids is 1. The summed E-state index contributed by atoms with van der Waals surface area (Å²) in [6, 6.07) is 0. The molecule has 0 bridgehead atoms. The number of ether oxygens (including phenoxy) is 1. The van der Waals surface area contributed by atoms with Crippen LogP contribution in [0.5, 0.6) is 0 Å². The van der Waals surface area contributed by atoms with Crippen LogP contribution >= 0.6 is 0 Å². The van der Waals surface area contributed by atoms with Gasteiger partial charge >= 0.3 is 6.09 Å². The van der Waals surface area contributed by atoms with E-state index < -0.39 is 0 Å². The Morgan fingerprint density at radius 2 is 2.56 bits per heavy atom.